The fourth-order valence-electron chi connectivity index (χ4n) is 3.54. The third-order valence-electron chi connectivity index (χ3n) is 5.31. The number of aromatic nitrogens is 1. The van der Waals surface area contributed by atoms with Gasteiger partial charge in [0, 0.05) is 12.7 Å². The number of amides is 1. The largest absolute Gasteiger partial charge is 0.465 e. The molecule has 1 saturated heterocycles. The first-order valence-electron chi connectivity index (χ1n) is 11.1. The Morgan fingerprint density at radius 1 is 1.19 bits per heavy atom. The number of oxime groups is 1. The number of esters is 1. The average Bonchev–Trinajstić information content (AvgIpc) is 3.03. The minimum Gasteiger partial charge on any atom is -0.465 e. The maximum atomic E-state index is 13.0. The number of rotatable bonds is 9. The second kappa shape index (κ2) is 12.2. The SMILES string of the molecule is COC(=O)c1ccc(C(N)=NOC(=O)CN2CCCC[C@H](NS(=O)(=O)Cc3ccccc3)C2=O)nc1. The molecule has 3 N–H and O–H groups in total. The predicted octanol–water partition coefficient (Wildman–Crippen LogP) is 0.532. The van der Waals surface area contributed by atoms with Crippen molar-refractivity contribution in [3.8, 4) is 0 Å². The van der Waals surface area contributed by atoms with Gasteiger partial charge in [0.05, 0.1) is 18.4 Å². The molecule has 0 unspecified atom stereocenters. The molecule has 12 nitrogen and oxygen atoms in total. The summed E-state index contributed by atoms with van der Waals surface area (Å²) in [5, 5.41) is 3.54. The van der Waals surface area contributed by atoms with Crippen LogP contribution >= 0.6 is 0 Å². The van der Waals surface area contributed by atoms with Crippen LogP contribution in [-0.4, -0.2) is 68.2 Å². The number of likely N-dealkylation sites (tertiary alicyclic amines) is 1. The summed E-state index contributed by atoms with van der Waals surface area (Å²) < 4.78 is 32.3. The van der Waals surface area contributed by atoms with Crippen LogP contribution in [0.15, 0.2) is 53.8 Å². The number of pyridine rings is 1. The molecule has 0 aliphatic carbocycles. The van der Waals surface area contributed by atoms with Gasteiger partial charge in [0.1, 0.15) is 18.3 Å². The second-order valence-corrected chi connectivity index (χ2v) is 9.79. The molecule has 192 valence electrons. The Hall–Kier alpha value is -3.84. The van der Waals surface area contributed by atoms with Gasteiger partial charge < -0.3 is 20.2 Å². The maximum Gasteiger partial charge on any atom is 0.354 e. The van der Waals surface area contributed by atoms with Crippen molar-refractivity contribution < 1.29 is 32.4 Å². The van der Waals surface area contributed by atoms with Crippen LogP contribution in [0, 0.1) is 0 Å². The molecule has 2 aromatic rings. The molecule has 1 atom stereocenters. The summed E-state index contributed by atoms with van der Waals surface area (Å²) in [5.74, 6) is -2.42. The Morgan fingerprint density at radius 3 is 2.61 bits per heavy atom. The van der Waals surface area contributed by atoms with Crippen LogP contribution in [0.2, 0.25) is 0 Å². The number of sulfonamides is 1. The number of nitrogens with one attached hydrogen (secondary N) is 1. The molecule has 1 aliphatic heterocycles. The Balaban J connectivity index is 1.58. The lowest BCUT2D eigenvalue weighted by Crippen LogP contribution is -2.49. The minimum atomic E-state index is -3.79. The average molecular weight is 518 g/mol. The summed E-state index contributed by atoms with van der Waals surface area (Å²) in [4.78, 5) is 46.8. The van der Waals surface area contributed by atoms with Crippen molar-refractivity contribution in [3.63, 3.8) is 0 Å². The molecule has 2 heterocycles. The van der Waals surface area contributed by atoms with Crippen LogP contribution in [0.25, 0.3) is 0 Å². The standard InChI is InChI=1S/C23H27N5O7S/c1-34-23(31)17-10-11-18(25-13-17)21(24)26-35-20(29)14-28-12-6-5-9-19(22(28)30)27-36(32,33)15-16-7-3-2-4-8-16/h2-4,7-8,10-11,13,19,27H,5-6,9,12,14-15H2,1H3,(H2,24,26)/t19-/m0/s1. The quantitative estimate of drug-likeness (QED) is 0.158. The number of carbonyl (C=O) groups is 3. The van der Waals surface area contributed by atoms with Gasteiger partial charge in [-0.1, -0.05) is 35.5 Å². The lowest BCUT2D eigenvalue weighted by atomic mass is 10.1. The molecule has 0 bridgehead atoms. The van der Waals surface area contributed by atoms with Crippen molar-refractivity contribution in [3.05, 3.63) is 65.5 Å². The van der Waals surface area contributed by atoms with Gasteiger partial charge in [0.15, 0.2) is 5.84 Å². The number of nitrogens with two attached hydrogens (primary N) is 1. The fraction of sp³-hybridized carbons (Fsp3) is 0.348. The lowest BCUT2D eigenvalue weighted by molar-refractivity contribution is -0.149. The van der Waals surface area contributed by atoms with Crippen LogP contribution in [0.1, 0.15) is 40.9 Å². The molecule has 1 fully saturated rings. The summed E-state index contributed by atoms with van der Waals surface area (Å²) in [6.45, 7) is -0.165. The van der Waals surface area contributed by atoms with Crippen molar-refractivity contribution >= 4 is 33.7 Å². The number of benzene rings is 1. The minimum absolute atomic E-state index is 0.161. The van der Waals surface area contributed by atoms with E-state index in [0.29, 0.717) is 24.8 Å². The van der Waals surface area contributed by atoms with Crippen molar-refractivity contribution in [2.24, 2.45) is 10.9 Å². The van der Waals surface area contributed by atoms with Crippen LogP contribution in [0.4, 0.5) is 0 Å². The normalized spacial score (nSPS) is 16.8. The number of carbonyl (C=O) groups excluding carboxylic acids is 3. The summed E-state index contributed by atoms with van der Waals surface area (Å²) in [6.07, 6.45) is 2.75. The first-order chi connectivity index (χ1) is 17.2. The van der Waals surface area contributed by atoms with Gasteiger partial charge in [0.25, 0.3) is 0 Å². The van der Waals surface area contributed by atoms with Crippen LogP contribution in [0.5, 0.6) is 0 Å². The summed E-state index contributed by atoms with van der Waals surface area (Å²) in [5.41, 5.74) is 6.74. The molecular weight excluding hydrogens is 490 g/mol. The van der Waals surface area contributed by atoms with Crippen molar-refractivity contribution in [1.29, 1.82) is 0 Å². The monoisotopic (exact) mass is 517 g/mol. The van der Waals surface area contributed by atoms with E-state index in [1.165, 1.54) is 30.3 Å². The molecule has 13 heteroatoms. The topological polar surface area (TPSA) is 170 Å². The maximum absolute atomic E-state index is 13.0. The van der Waals surface area contributed by atoms with E-state index in [9.17, 15) is 22.8 Å². The van der Waals surface area contributed by atoms with E-state index in [0.717, 1.165) is 0 Å². The van der Waals surface area contributed by atoms with Gasteiger partial charge >= 0.3 is 11.9 Å². The number of nitrogens with zero attached hydrogens (tertiary/aromatic N) is 3. The number of hydrogen-bond acceptors (Lipinski definition) is 9. The number of methoxy groups -OCH3 is 1. The van der Waals surface area contributed by atoms with E-state index >= 15 is 0 Å². The molecule has 0 radical (unpaired) electrons. The third kappa shape index (κ3) is 7.58. The molecule has 1 aliphatic rings. The third-order valence-corrected chi connectivity index (χ3v) is 6.67. The van der Waals surface area contributed by atoms with Crippen molar-refractivity contribution in [2.45, 2.75) is 31.1 Å². The highest BCUT2D eigenvalue weighted by atomic mass is 32.2. The molecule has 1 aromatic carbocycles. The number of amidine groups is 1. The Kier molecular flexibility index (Phi) is 9.08. The van der Waals surface area contributed by atoms with E-state index in [1.807, 2.05) is 0 Å². The highest BCUT2D eigenvalue weighted by molar-refractivity contribution is 7.88. The van der Waals surface area contributed by atoms with E-state index in [4.69, 9.17) is 10.6 Å². The molecule has 1 amide bonds. The van der Waals surface area contributed by atoms with Gasteiger partial charge in [-0.2, -0.15) is 0 Å². The first kappa shape index (κ1) is 26.8. The van der Waals surface area contributed by atoms with Gasteiger partial charge in [-0.3, -0.25) is 9.78 Å². The Labute approximate surface area is 208 Å². The zero-order chi connectivity index (χ0) is 26.1. The van der Waals surface area contributed by atoms with E-state index < -0.39 is 40.5 Å². The molecule has 36 heavy (non-hydrogen) atoms. The van der Waals surface area contributed by atoms with Crippen LogP contribution in [0.3, 0.4) is 0 Å². The summed E-state index contributed by atoms with van der Waals surface area (Å²) >= 11 is 0. The molecular formula is C23H27N5O7S. The van der Waals surface area contributed by atoms with Gasteiger partial charge in [0.2, 0.25) is 15.9 Å². The fourth-order valence-corrected chi connectivity index (χ4v) is 4.91. The van der Waals surface area contributed by atoms with Crippen LogP contribution in [-0.2, 0) is 34.9 Å². The van der Waals surface area contributed by atoms with Crippen molar-refractivity contribution in [1.82, 2.24) is 14.6 Å². The molecule has 0 saturated carbocycles. The zero-order valence-electron chi connectivity index (χ0n) is 19.6. The van der Waals surface area contributed by atoms with Crippen molar-refractivity contribution in [2.75, 3.05) is 20.2 Å². The van der Waals surface area contributed by atoms with Crippen LogP contribution < -0.4 is 10.5 Å². The molecule has 3 rings (SSSR count). The van der Waals surface area contributed by atoms with E-state index in [-0.39, 0.29) is 29.4 Å². The Bertz CT molecular complexity index is 1220. The number of hydrogen-bond donors (Lipinski definition) is 2. The lowest BCUT2D eigenvalue weighted by Gasteiger charge is -2.23. The predicted molar refractivity (Wildman–Crippen MR) is 129 cm³/mol. The van der Waals surface area contributed by atoms with Gasteiger partial charge in [-0.15, -0.1) is 0 Å². The summed E-state index contributed by atoms with van der Waals surface area (Å²) in [7, 11) is -2.55. The number of ether oxygens (including phenoxy) is 1. The van der Waals surface area contributed by atoms with Gasteiger partial charge in [-0.25, -0.2) is 22.7 Å². The highest BCUT2D eigenvalue weighted by Crippen LogP contribution is 2.15. The molecule has 1 aromatic heterocycles. The Morgan fingerprint density at radius 2 is 1.94 bits per heavy atom. The van der Waals surface area contributed by atoms with Gasteiger partial charge in [-0.05, 0) is 37.0 Å². The van der Waals surface area contributed by atoms with E-state index in [2.05, 4.69) is 19.6 Å². The zero-order valence-corrected chi connectivity index (χ0v) is 20.4. The molecule has 0 spiro atoms. The second-order valence-electron chi connectivity index (χ2n) is 8.03. The highest BCUT2D eigenvalue weighted by Gasteiger charge is 2.31. The van der Waals surface area contributed by atoms with E-state index in [1.54, 1.807) is 30.3 Å². The first-order valence-corrected chi connectivity index (χ1v) is 12.7. The smallest absolute Gasteiger partial charge is 0.354 e. The summed E-state index contributed by atoms with van der Waals surface area (Å²) in [6, 6.07) is 10.5.